The zero-order chi connectivity index (χ0) is 11.4. The maximum absolute atomic E-state index is 8.75. The van der Waals surface area contributed by atoms with Gasteiger partial charge in [0, 0.05) is 22.3 Å². The van der Waals surface area contributed by atoms with Crippen LogP contribution in [0.2, 0.25) is 0 Å². The van der Waals surface area contributed by atoms with Crippen molar-refractivity contribution in [2.75, 3.05) is 0 Å². The maximum atomic E-state index is 8.75. The van der Waals surface area contributed by atoms with Crippen molar-refractivity contribution in [2.45, 2.75) is 19.5 Å². The van der Waals surface area contributed by atoms with Gasteiger partial charge in [0.15, 0.2) is 0 Å². The van der Waals surface area contributed by atoms with Gasteiger partial charge >= 0.3 is 0 Å². The van der Waals surface area contributed by atoms with Crippen molar-refractivity contribution >= 4 is 22.7 Å². The monoisotopic (exact) mass is 248 g/mol. The van der Waals surface area contributed by atoms with Crippen LogP contribution in [0.25, 0.3) is 0 Å². The second kappa shape index (κ2) is 5.26. The summed E-state index contributed by atoms with van der Waals surface area (Å²) in [4.78, 5) is 3.33. The minimum Gasteiger partial charge on any atom is -0.305 e. The molecule has 1 unspecified atom stereocenters. The van der Waals surface area contributed by atoms with Crippen LogP contribution >= 0.6 is 22.7 Å². The maximum Gasteiger partial charge on any atom is 0.110 e. The SMILES string of the molecule is CC(NCc1cccs1)c1ccc(C#N)s1. The van der Waals surface area contributed by atoms with Gasteiger partial charge in [0.1, 0.15) is 10.9 Å². The van der Waals surface area contributed by atoms with Gasteiger partial charge in [-0.15, -0.1) is 22.7 Å². The Bertz CT molecular complexity index is 479. The van der Waals surface area contributed by atoms with E-state index < -0.39 is 0 Å². The van der Waals surface area contributed by atoms with Gasteiger partial charge < -0.3 is 5.32 Å². The second-order valence-corrected chi connectivity index (χ2v) is 5.64. The van der Waals surface area contributed by atoms with Crippen LogP contribution in [0.1, 0.15) is 27.6 Å². The van der Waals surface area contributed by atoms with Crippen LogP contribution in [0.3, 0.4) is 0 Å². The molecule has 0 aromatic carbocycles. The summed E-state index contributed by atoms with van der Waals surface area (Å²) in [7, 11) is 0. The highest BCUT2D eigenvalue weighted by Crippen LogP contribution is 2.23. The molecule has 0 saturated carbocycles. The van der Waals surface area contributed by atoms with Crippen molar-refractivity contribution in [3.63, 3.8) is 0 Å². The molecular weight excluding hydrogens is 236 g/mol. The number of nitrogens with zero attached hydrogens (tertiary/aromatic N) is 1. The predicted octanol–water partition coefficient (Wildman–Crippen LogP) is 3.53. The highest BCUT2D eigenvalue weighted by atomic mass is 32.1. The molecule has 2 aromatic heterocycles. The minimum absolute atomic E-state index is 0.300. The first kappa shape index (κ1) is 11.3. The Kier molecular flexibility index (Phi) is 3.73. The van der Waals surface area contributed by atoms with Gasteiger partial charge in [0.05, 0.1) is 0 Å². The number of hydrogen-bond acceptors (Lipinski definition) is 4. The normalized spacial score (nSPS) is 12.2. The van der Waals surface area contributed by atoms with Crippen molar-refractivity contribution in [3.05, 3.63) is 44.3 Å². The summed E-state index contributed by atoms with van der Waals surface area (Å²) >= 11 is 3.32. The Morgan fingerprint density at radius 3 is 2.94 bits per heavy atom. The summed E-state index contributed by atoms with van der Waals surface area (Å²) in [5.74, 6) is 0. The van der Waals surface area contributed by atoms with E-state index in [-0.39, 0.29) is 0 Å². The molecule has 1 atom stereocenters. The van der Waals surface area contributed by atoms with E-state index in [1.54, 1.807) is 22.7 Å². The molecule has 0 spiro atoms. The van der Waals surface area contributed by atoms with E-state index in [9.17, 15) is 0 Å². The average molecular weight is 248 g/mol. The first-order chi connectivity index (χ1) is 7.79. The summed E-state index contributed by atoms with van der Waals surface area (Å²) < 4.78 is 0. The van der Waals surface area contributed by atoms with Crippen LogP contribution in [-0.4, -0.2) is 0 Å². The Balaban J connectivity index is 1.93. The number of rotatable bonds is 4. The first-order valence-electron chi connectivity index (χ1n) is 5.05. The van der Waals surface area contributed by atoms with Gasteiger partial charge in [0.2, 0.25) is 0 Å². The van der Waals surface area contributed by atoms with Crippen LogP contribution in [-0.2, 0) is 6.54 Å². The van der Waals surface area contributed by atoms with Crippen LogP contribution in [0.4, 0.5) is 0 Å². The highest BCUT2D eigenvalue weighted by Gasteiger charge is 2.08. The van der Waals surface area contributed by atoms with Gasteiger partial charge in [-0.25, -0.2) is 0 Å². The van der Waals surface area contributed by atoms with Crippen molar-refractivity contribution in [3.8, 4) is 6.07 Å². The van der Waals surface area contributed by atoms with Crippen LogP contribution in [0.15, 0.2) is 29.6 Å². The fraction of sp³-hybridized carbons (Fsp3) is 0.250. The van der Waals surface area contributed by atoms with E-state index in [2.05, 4.69) is 35.8 Å². The molecule has 2 nitrogen and oxygen atoms in total. The third kappa shape index (κ3) is 2.70. The third-order valence-electron chi connectivity index (χ3n) is 2.33. The smallest absolute Gasteiger partial charge is 0.110 e. The summed E-state index contributed by atoms with van der Waals surface area (Å²) in [6.07, 6.45) is 0. The molecule has 0 aliphatic heterocycles. The summed E-state index contributed by atoms with van der Waals surface area (Å²) in [6, 6.07) is 10.6. The zero-order valence-corrected chi connectivity index (χ0v) is 10.6. The van der Waals surface area contributed by atoms with Gasteiger partial charge in [-0.1, -0.05) is 6.07 Å². The fourth-order valence-electron chi connectivity index (χ4n) is 1.41. The number of hydrogen-bond donors (Lipinski definition) is 1. The average Bonchev–Trinajstić information content (AvgIpc) is 2.96. The van der Waals surface area contributed by atoms with E-state index in [0.29, 0.717) is 6.04 Å². The molecule has 4 heteroatoms. The molecule has 2 aromatic rings. The molecule has 16 heavy (non-hydrogen) atoms. The number of nitrogens with one attached hydrogen (secondary N) is 1. The number of nitriles is 1. The molecule has 0 aliphatic carbocycles. The Labute approximate surface area is 103 Å². The van der Waals surface area contributed by atoms with Crippen molar-refractivity contribution < 1.29 is 0 Å². The molecule has 1 N–H and O–H groups in total. The Hall–Kier alpha value is -1.15. The lowest BCUT2D eigenvalue weighted by molar-refractivity contribution is 0.587. The quantitative estimate of drug-likeness (QED) is 0.898. The molecule has 0 amide bonds. The van der Waals surface area contributed by atoms with E-state index in [1.165, 1.54) is 9.75 Å². The third-order valence-corrected chi connectivity index (χ3v) is 4.38. The second-order valence-electron chi connectivity index (χ2n) is 3.50. The summed E-state index contributed by atoms with van der Waals surface area (Å²) in [6.45, 7) is 3.01. The molecule has 0 aliphatic rings. The first-order valence-corrected chi connectivity index (χ1v) is 6.75. The van der Waals surface area contributed by atoms with Crippen molar-refractivity contribution in [1.29, 1.82) is 5.26 Å². The molecule has 82 valence electrons. The van der Waals surface area contributed by atoms with Crippen LogP contribution in [0, 0.1) is 11.3 Å². The molecule has 2 rings (SSSR count). The van der Waals surface area contributed by atoms with E-state index in [0.717, 1.165) is 11.4 Å². The van der Waals surface area contributed by atoms with Crippen LogP contribution < -0.4 is 5.32 Å². The van der Waals surface area contributed by atoms with Gasteiger partial charge in [-0.05, 0) is 30.5 Å². The van der Waals surface area contributed by atoms with E-state index in [4.69, 9.17) is 5.26 Å². The fourth-order valence-corrected chi connectivity index (χ4v) is 2.90. The molecule has 0 radical (unpaired) electrons. The minimum atomic E-state index is 0.300. The lowest BCUT2D eigenvalue weighted by Crippen LogP contribution is -2.16. The topological polar surface area (TPSA) is 35.8 Å². The Morgan fingerprint density at radius 2 is 2.31 bits per heavy atom. The Morgan fingerprint density at radius 1 is 1.44 bits per heavy atom. The summed E-state index contributed by atoms with van der Waals surface area (Å²) in [5.41, 5.74) is 0. The lowest BCUT2D eigenvalue weighted by Gasteiger charge is -2.10. The standard InChI is InChI=1S/C12H12N2S2/c1-9(12-5-4-10(7-13)16-12)14-8-11-3-2-6-15-11/h2-6,9,14H,8H2,1H3. The summed E-state index contributed by atoms with van der Waals surface area (Å²) in [5, 5.41) is 14.3. The number of thiophene rings is 2. The lowest BCUT2D eigenvalue weighted by atomic mass is 10.2. The van der Waals surface area contributed by atoms with Crippen LogP contribution in [0.5, 0.6) is 0 Å². The van der Waals surface area contributed by atoms with Gasteiger partial charge in [0.25, 0.3) is 0 Å². The highest BCUT2D eigenvalue weighted by molar-refractivity contribution is 7.12. The molecular formula is C12H12N2S2. The van der Waals surface area contributed by atoms with E-state index >= 15 is 0 Å². The molecule has 0 saturated heterocycles. The van der Waals surface area contributed by atoms with E-state index in [1.807, 2.05) is 12.1 Å². The van der Waals surface area contributed by atoms with Gasteiger partial charge in [-0.2, -0.15) is 5.26 Å². The van der Waals surface area contributed by atoms with Crippen molar-refractivity contribution in [2.24, 2.45) is 0 Å². The van der Waals surface area contributed by atoms with Gasteiger partial charge in [-0.3, -0.25) is 0 Å². The molecule has 2 heterocycles. The molecule has 0 bridgehead atoms. The van der Waals surface area contributed by atoms with Crippen molar-refractivity contribution in [1.82, 2.24) is 5.32 Å². The predicted molar refractivity (Wildman–Crippen MR) is 68.6 cm³/mol. The largest absolute Gasteiger partial charge is 0.305 e. The zero-order valence-electron chi connectivity index (χ0n) is 8.93. The molecule has 0 fully saturated rings.